The number of hydrogen-bond donors (Lipinski definition) is 1. The van der Waals surface area contributed by atoms with E-state index in [2.05, 4.69) is 22.0 Å². The summed E-state index contributed by atoms with van der Waals surface area (Å²) in [5.74, 6) is 0.765. The number of nitrogens with zero attached hydrogens (tertiary/aromatic N) is 3. The molecule has 1 aromatic rings. The van der Waals surface area contributed by atoms with Crippen LogP contribution in [0.25, 0.3) is 0 Å². The molecule has 0 radical (unpaired) electrons. The molecular formula is C10H17N3O3. The Bertz CT molecular complexity index is 340. The number of hydrogen-bond acceptors (Lipinski definition) is 6. The molecule has 6 nitrogen and oxygen atoms in total. The van der Waals surface area contributed by atoms with Crippen molar-refractivity contribution in [3.63, 3.8) is 0 Å². The third-order valence-corrected chi connectivity index (χ3v) is 2.70. The van der Waals surface area contributed by atoms with E-state index in [9.17, 15) is 5.11 Å². The first-order chi connectivity index (χ1) is 7.70. The number of morpholine rings is 1. The summed E-state index contributed by atoms with van der Waals surface area (Å²) in [5.41, 5.74) is 0. The van der Waals surface area contributed by atoms with Gasteiger partial charge in [0.2, 0.25) is 5.82 Å². The van der Waals surface area contributed by atoms with E-state index in [1.165, 1.54) is 0 Å². The average Bonchev–Trinajstić information content (AvgIpc) is 2.78. The normalized spacial score (nSPS) is 24.6. The van der Waals surface area contributed by atoms with Crippen molar-refractivity contribution in [1.82, 2.24) is 15.0 Å². The zero-order chi connectivity index (χ0) is 11.5. The smallest absolute Gasteiger partial charge is 0.255 e. The molecule has 1 aliphatic heterocycles. The Kier molecular flexibility index (Phi) is 3.52. The van der Waals surface area contributed by atoms with Crippen LogP contribution in [0, 0.1) is 0 Å². The maximum atomic E-state index is 9.29. The molecule has 0 aromatic carbocycles. The highest BCUT2D eigenvalue weighted by molar-refractivity contribution is 4.95. The summed E-state index contributed by atoms with van der Waals surface area (Å²) in [4.78, 5) is 6.39. The van der Waals surface area contributed by atoms with Crippen LogP contribution in [0.2, 0.25) is 0 Å². The topological polar surface area (TPSA) is 71.6 Å². The van der Waals surface area contributed by atoms with Gasteiger partial charge in [-0.05, 0) is 13.5 Å². The molecule has 0 spiro atoms. The van der Waals surface area contributed by atoms with E-state index in [0.717, 1.165) is 19.6 Å². The maximum Gasteiger partial charge on any atom is 0.255 e. The van der Waals surface area contributed by atoms with Crippen LogP contribution in [0.1, 0.15) is 37.8 Å². The van der Waals surface area contributed by atoms with Gasteiger partial charge in [-0.2, -0.15) is 4.98 Å². The number of aliphatic hydroxyl groups is 1. The first kappa shape index (κ1) is 11.5. The Hall–Kier alpha value is -0.980. The van der Waals surface area contributed by atoms with Crippen molar-refractivity contribution in [2.75, 3.05) is 26.2 Å². The summed E-state index contributed by atoms with van der Waals surface area (Å²) in [6.07, 6.45) is -0.878. The first-order valence-electron chi connectivity index (χ1n) is 5.56. The summed E-state index contributed by atoms with van der Waals surface area (Å²) in [6.45, 7) is 7.08. The molecule has 16 heavy (non-hydrogen) atoms. The lowest BCUT2D eigenvalue weighted by Gasteiger charge is -2.30. The fourth-order valence-electron chi connectivity index (χ4n) is 1.69. The van der Waals surface area contributed by atoms with Gasteiger partial charge in [-0.25, -0.2) is 0 Å². The van der Waals surface area contributed by atoms with E-state index < -0.39 is 6.10 Å². The average molecular weight is 227 g/mol. The molecule has 2 heterocycles. The van der Waals surface area contributed by atoms with Gasteiger partial charge < -0.3 is 14.4 Å². The molecule has 1 aliphatic rings. The van der Waals surface area contributed by atoms with Crippen LogP contribution in [0.15, 0.2) is 4.52 Å². The van der Waals surface area contributed by atoms with Crippen molar-refractivity contribution in [1.29, 1.82) is 0 Å². The lowest BCUT2D eigenvalue weighted by molar-refractivity contribution is -0.0334. The summed E-state index contributed by atoms with van der Waals surface area (Å²) in [7, 11) is 0. The molecule has 1 fully saturated rings. The van der Waals surface area contributed by atoms with Gasteiger partial charge in [0.25, 0.3) is 5.89 Å². The molecule has 0 saturated carbocycles. The summed E-state index contributed by atoms with van der Waals surface area (Å²) in [5, 5.41) is 13.1. The van der Waals surface area contributed by atoms with E-state index in [-0.39, 0.29) is 12.0 Å². The molecule has 0 aliphatic carbocycles. The third kappa shape index (κ3) is 2.40. The minimum Gasteiger partial charge on any atom is -0.384 e. The third-order valence-electron chi connectivity index (χ3n) is 2.70. The Morgan fingerprint density at radius 3 is 3.06 bits per heavy atom. The maximum absolute atomic E-state index is 9.29. The van der Waals surface area contributed by atoms with Gasteiger partial charge in [0.15, 0.2) is 0 Å². The highest BCUT2D eigenvalue weighted by atomic mass is 16.5. The van der Waals surface area contributed by atoms with Crippen molar-refractivity contribution < 1.29 is 14.4 Å². The molecule has 2 rings (SSSR count). The van der Waals surface area contributed by atoms with Crippen LogP contribution in [0.3, 0.4) is 0 Å². The minimum absolute atomic E-state index is 0.148. The standard InChI is InChI=1S/C10H17N3O3/c1-3-13-4-5-15-8(6-13)9-11-10(7(2)14)16-12-9/h7-8,14H,3-6H2,1-2H3. The molecule has 1 N–H and O–H groups in total. The zero-order valence-corrected chi connectivity index (χ0v) is 9.59. The van der Waals surface area contributed by atoms with Crippen LogP contribution < -0.4 is 0 Å². The van der Waals surface area contributed by atoms with Crippen LogP contribution in [-0.2, 0) is 4.74 Å². The number of ether oxygens (including phenoxy) is 1. The van der Waals surface area contributed by atoms with Gasteiger partial charge in [0, 0.05) is 13.1 Å². The van der Waals surface area contributed by atoms with Gasteiger partial charge in [0.05, 0.1) is 6.61 Å². The van der Waals surface area contributed by atoms with Crippen LogP contribution in [0.4, 0.5) is 0 Å². The Balaban J connectivity index is 2.05. The van der Waals surface area contributed by atoms with E-state index in [4.69, 9.17) is 9.26 Å². The van der Waals surface area contributed by atoms with Gasteiger partial charge in [-0.15, -0.1) is 0 Å². The van der Waals surface area contributed by atoms with Crippen LogP contribution in [0.5, 0.6) is 0 Å². The van der Waals surface area contributed by atoms with Gasteiger partial charge >= 0.3 is 0 Å². The molecule has 90 valence electrons. The highest BCUT2D eigenvalue weighted by Crippen LogP contribution is 2.20. The summed E-state index contributed by atoms with van der Waals surface area (Å²) >= 11 is 0. The van der Waals surface area contributed by atoms with Gasteiger partial charge in [-0.1, -0.05) is 12.1 Å². The van der Waals surface area contributed by atoms with E-state index >= 15 is 0 Å². The SMILES string of the molecule is CCN1CCOC(c2noc(C(C)O)n2)C1. The van der Waals surface area contributed by atoms with Gasteiger partial charge in [-0.3, -0.25) is 4.90 Å². The van der Waals surface area contributed by atoms with E-state index in [1.54, 1.807) is 6.92 Å². The minimum atomic E-state index is -0.730. The zero-order valence-electron chi connectivity index (χ0n) is 9.59. The largest absolute Gasteiger partial charge is 0.384 e. The highest BCUT2D eigenvalue weighted by Gasteiger charge is 2.26. The predicted octanol–water partition coefficient (Wildman–Crippen LogP) is 0.516. The molecule has 0 bridgehead atoms. The fraction of sp³-hybridized carbons (Fsp3) is 0.800. The second-order valence-electron chi connectivity index (χ2n) is 3.92. The summed E-state index contributed by atoms with van der Waals surface area (Å²) in [6, 6.07) is 0. The Morgan fingerprint density at radius 2 is 2.44 bits per heavy atom. The van der Waals surface area contributed by atoms with Crippen molar-refractivity contribution in [3.8, 4) is 0 Å². The lowest BCUT2D eigenvalue weighted by Crippen LogP contribution is -2.38. The van der Waals surface area contributed by atoms with Crippen molar-refractivity contribution in [2.45, 2.75) is 26.1 Å². The summed E-state index contributed by atoms with van der Waals surface area (Å²) < 4.78 is 10.5. The first-order valence-corrected chi connectivity index (χ1v) is 5.56. The lowest BCUT2D eigenvalue weighted by atomic mass is 10.2. The molecule has 1 aromatic heterocycles. The molecular weight excluding hydrogens is 210 g/mol. The fourth-order valence-corrected chi connectivity index (χ4v) is 1.69. The van der Waals surface area contributed by atoms with Crippen molar-refractivity contribution in [3.05, 3.63) is 11.7 Å². The number of likely N-dealkylation sites (N-methyl/N-ethyl adjacent to an activating group) is 1. The second kappa shape index (κ2) is 4.90. The second-order valence-corrected chi connectivity index (χ2v) is 3.92. The van der Waals surface area contributed by atoms with Crippen LogP contribution in [-0.4, -0.2) is 46.4 Å². The Labute approximate surface area is 94.2 Å². The molecule has 2 atom stereocenters. The molecule has 0 amide bonds. The van der Waals surface area contributed by atoms with Crippen molar-refractivity contribution >= 4 is 0 Å². The van der Waals surface area contributed by atoms with E-state index in [0.29, 0.717) is 12.4 Å². The molecule has 6 heteroatoms. The van der Waals surface area contributed by atoms with Crippen LogP contribution >= 0.6 is 0 Å². The van der Waals surface area contributed by atoms with E-state index in [1.807, 2.05) is 0 Å². The van der Waals surface area contributed by atoms with Crippen molar-refractivity contribution in [2.24, 2.45) is 0 Å². The molecule has 2 unspecified atom stereocenters. The monoisotopic (exact) mass is 227 g/mol. The Morgan fingerprint density at radius 1 is 1.62 bits per heavy atom. The number of aromatic nitrogens is 2. The quantitative estimate of drug-likeness (QED) is 0.811. The number of aliphatic hydroxyl groups excluding tert-OH is 1. The number of rotatable bonds is 3. The molecule has 1 saturated heterocycles. The van der Waals surface area contributed by atoms with Gasteiger partial charge in [0.1, 0.15) is 12.2 Å². The predicted molar refractivity (Wildman–Crippen MR) is 55.7 cm³/mol.